The average Bonchev–Trinajstić information content (AvgIpc) is 3.14. The normalized spacial score (nSPS) is 16.1. The number of hydrogen-bond donors (Lipinski definition) is 3. The lowest BCUT2D eigenvalue weighted by molar-refractivity contribution is -0.122. The van der Waals surface area contributed by atoms with E-state index in [0.29, 0.717) is 25.0 Å². The summed E-state index contributed by atoms with van der Waals surface area (Å²) in [4.78, 5) is 11.4. The Morgan fingerprint density at radius 3 is 2.89 bits per heavy atom. The molecule has 0 aliphatic heterocycles. The van der Waals surface area contributed by atoms with Crippen LogP contribution in [-0.2, 0) is 4.79 Å². The maximum Gasteiger partial charge on any atom is 0.315 e. The van der Waals surface area contributed by atoms with Crippen LogP contribution in [0.2, 0.25) is 0 Å². The van der Waals surface area contributed by atoms with E-state index in [4.69, 9.17) is 4.42 Å². The van der Waals surface area contributed by atoms with E-state index in [1.807, 2.05) is 13.8 Å². The maximum absolute atomic E-state index is 11.4. The Bertz CT molecular complexity index is 416. The van der Waals surface area contributed by atoms with Gasteiger partial charge < -0.3 is 20.4 Å². The van der Waals surface area contributed by atoms with Gasteiger partial charge in [0.1, 0.15) is 0 Å². The molecule has 1 heterocycles. The van der Waals surface area contributed by atoms with Gasteiger partial charge >= 0.3 is 6.01 Å². The van der Waals surface area contributed by atoms with Crippen LogP contribution >= 0.6 is 0 Å². The second-order valence-electron chi connectivity index (χ2n) is 4.72. The van der Waals surface area contributed by atoms with Crippen molar-refractivity contribution in [3.05, 3.63) is 5.89 Å². The molecular formula is C12H21N5O2. The van der Waals surface area contributed by atoms with Gasteiger partial charge in [0.15, 0.2) is 0 Å². The zero-order valence-electron chi connectivity index (χ0n) is 11.4. The molecule has 1 unspecified atom stereocenters. The smallest absolute Gasteiger partial charge is 0.315 e. The molecule has 0 saturated heterocycles. The van der Waals surface area contributed by atoms with Crippen molar-refractivity contribution in [2.45, 2.75) is 32.7 Å². The van der Waals surface area contributed by atoms with E-state index in [-0.39, 0.29) is 17.9 Å². The van der Waals surface area contributed by atoms with Gasteiger partial charge in [-0.3, -0.25) is 4.79 Å². The van der Waals surface area contributed by atoms with E-state index in [2.05, 4.69) is 26.1 Å². The second-order valence-corrected chi connectivity index (χ2v) is 4.72. The number of carbonyl (C=O) groups is 1. The minimum Gasteiger partial charge on any atom is -0.406 e. The van der Waals surface area contributed by atoms with Gasteiger partial charge in [-0.25, -0.2) is 0 Å². The first-order valence-corrected chi connectivity index (χ1v) is 6.79. The number of aromatic nitrogens is 2. The van der Waals surface area contributed by atoms with Gasteiger partial charge in [0.05, 0.1) is 6.04 Å². The van der Waals surface area contributed by atoms with Crippen molar-refractivity contribution in [1.29, 1.82) is 0 Å². The standard InChI is InChI=1S/C12H21N5O2/c1-3-13-8(2)11-16-17-12(19-11)15-7-6-14-10(18)9-4-5-9/h8-9,13H,3-7H2,1-2H3,(H,14,18)(H,15,17). The Hall–Kier alpha value is -1.63. The summed E-state index contributed by atoms with van der Waals surface area (Å²) in [7, 11) is 0. The van der Waals surface area contributed by atoms with Gasteiger partial charge in [-0.05, 0) is 26.3 Å². The number of amides is 1. The lowest BCUT2D eigenvalue weighted by atomic mass is 10.3. The molecular weight excluding hydrogens is 246 g/mol. The molecule has 1 aromatic heterocycles. The van der Waals surface area contributed by atoms with Crippen LogP contribution in [0.1, 0.15) is 38.6 Å². The van der Waals surface area contributed by atoms with E-state index in [9.17, 15) is 4.79 Å². The SMILES string of the molecule is CCNC(C)c1nnc(NCCNC(=O)C2CC2)o1. The highest BCUT2D eigenvalue weighted by Gasteiger charge is 2.28. The number of carbonyl (C=O) groups excluding carboxylic acids is 1. The summed E-state index contributed by atoms with van der Waals surface area (Å²) in [6.45, 7) is 5.98. The molecule has 7 nitrogen and oxygen atoms in total. The number of hydrogen-bond acceptors (Lipinski definition) is 6. The van der Waals surface area contributed by atoms with Gasteiger partial charge in [0.25, 0.3) is 0 Å². The lowest BCUT2D eigenvalue weighted by Crippen LogP contribution is -2.29. The molecule has 1 aromatic rings. The van der Waals surface area contributed by atoms with Crippen LogP contribution in [-0.4, -0.2) is 35.7 Å². The molecule has 7 heteroatoms. The highest BCUT2D eigenvalue weighted by Crippen LogP contribution is 2.28. The third-order valence-electron chi connectivity index (χ3n) is 2.97. The van der Waals surface area contributed by atoms with Crippen molar-refractivity contribution in [1.82, 2.24) is 20.8 Å². The Kier molecular flexibility index (Phi) is 4.73. The predicted molar refractivity (Wildman–Crippen MR) is 70.6 cm³/mol. The minimum atomic E-state index is 0.0441. The summed E-state index contributed by atoms with van der Waals surface area (Å²) >= 11 is 0. The molecule has 2 rings (SSSR count). The topological polar surface area (TPSA) is 92.1 Å². The third-order valence-corrected chi connectivity index (χ3v) is 2.97. The minimum absolute atomic E-state index is 0.0441. The zero-order chi connectivity index (χ0) is 13.7. The molecule has 1 fully saturated rings. The van der Waals surface area contributed by atoms with Crippen molar-refractivity contribution < 1.29 is 9.21 Å². The molecule has 3 N–H and O–H groups in total. The second kappa shape index (κ2) is 6.51. The van der Waals surface area contributed by atoms with Crippen LogP contribution in [0.15, 0.2) is 4.42 Å². The van der Waals surface area contributed by atoms with E-state index >= 15 is 0 Å². The van der Waals surface area contributed by atoms with E-state index in [1.54, 1.807) is 0 Å². The Morgan fingerprint density at radius 2 is 2.21 bits per heavy atom. The van der Waals surface area contributed by atoms with Gasteiger partial charge in [-0.2, -0.15) is 0 Å². The number of nitrogens with zero attached hydrogens (tertiary/aromatic N) is 2. The maximum atomic E-state index is 11.4. The fourth-order valence-corrected chi connectivity index (χ4v) is 1.72. The molecule has 0 spiro atoms. The monoisotopic (exact) mass is 267 g/mol. The molecule has 0 bridgehead atoms. The highest BCUT2D eigenvalue weighted by atomic mass is 16.4. The molecule has 106 valence electrons. The summed E-state index contributed by atoms with van der Waals surface area (Å²) < 4.78 is 5.46. The van der Waals surface area contributed by atoms with Gasteiger partial charge in [0.2, 0.25) is 11.8 Å². The van der Waals surface area contributed by atoms with Crippen LogP contribution in [0.3, 0.4) is 0 Å². The summed E-state index contributed by atoms with van der Waals surface area (Å²) in [5.74, 6) is 0.955. The molecule has 1 amide bonds. The van der Waals surface area contributed by atoms with Crippen molar-refractivity contribution in [2.24, 2.45) is 5.92 Å². The van der Waals surface area contributed by atoms with Crippen LogP contribution in [0.25, 0.3) is 0 Å². The van der Waals surface area contributed by atoms with Gasteiger partial charge in [-0.1, -0.05) is 12.0 Å². The van der Waals surface area contributed by atoms with Crippen molar-refractivity contribution in [2.75, 3.05) is 25.0 Å². The number of anilines is 1. The van der Waals surface area contributed by atoms with Crippen molar-refractivity contribution >= 4 is 11.9 Å². The molecule has 19 heavy (non-hydrogen) atoms. The van der Waals surface area contributed by atoms with Crippen LogP contribution in [0.5, 0.6) is 0 Å². The number of rotatable bonds is 8. The highest BCUT2D eigenvalue weighted by molar-refractivity contribution is 5.80. The first kappa shape index (κ1) is 13.8. The van der Waals surface area contributed by atoms with Crippen molar-refractivity contribution in [3.63, 3.8) is 0 Å². The molecule has 1 saturated carbocycles. The quantitative estimate of drug-likeness (QED) is 0.600. The van der Waals surface area contributed by atoms with Crippen molar-refractivity contribution in [3.8, 4) is 0 Å². The third kappa shape index (κ3) is 4.20. The van der Waals surface area contributed by atoms with Crippen LogP contribution < -0.4 is 16.0 Å². The summed E-state index contributed by atoms with van der Waals surface area (Å²) in [6, 6.07) is 0.433. The zero-order valence-corrected chi connectivity index (χ0v) is 11.4. The Morgan fingerprint density at radius 1 is 1.42 bits per heavy atom. The fourth-order valence-electron chi connectivity index (χ4n) is 1.72. The lowest BCUT2D eigenvalue weighted by Gasteiger charge is -2.06. The Balaban J connectivity index is 1.66. The first-order valence-electron chi connectivity index (χ1n) is 6.79. The summed E-state index contributed by atoms with van der Waals surface area (Å²) in [5, 5.41) is 16.9. The number of nitrogens with one attached hydrogen (secondary N) is 3. The van der Waals surface area contributed by atoms with Gasteiger partial charge in [-0.15, -0.1) is 5.10 Å². The predicted octanol–water partition coefficient (Wildman–Crippen LogP) is 0.678. The van der Waals surface area contributed by atoms with Gasteiger partial charge in [0, 0.05) is 19.0 Å². The molecule has 0 aromatic carbocycles. The largest absolute Gasteiger partial charge is 0.406 e. The Labute approximate surface area is 112 Å². The summed E-state index contributed by atoms with van der Waals surface area (Å²) in [6.07, 6.45) is 2.04. The molecule has 1 aliphatic carbocycles. The van der Waals surface area contributed by atoms with E-state index in [0.717, 1.165) is 19.4 Å². The summed E-state index contributed by atoms with van der Waals surface area (Å²) in [5.41, 5.74) is 0. The van der Waals surface area contributed by atoms with Crippen LogP contribution in [0, 0.1) is 5.92 Å². The molecule has 1 aliphatic rings. The fraction of sp³-hybridized carbons (Fsp3) is 0.750. The van der Waals surface area contributed by atoms with E-state index in [1.165, 1.54) is 0 Å². The van der Waals surface area contributed by atoms with E-state index < -0.39 is 0 Å². The average molecular weight is 267 g/mol. The molecule has 1 atom stereocenters. The van der Waals surface area contributed by atoms with Crippen LogP contribution in [0.4, 0.5) is 6.01 Å². The molecule has 0 radical (unpaired) electrons. The first-order chi connectivity index (χ1) is 9.20.